The summed E-state index contributed by atoms with van der Waals surface area (Å²) in [5.41, 5.74) is 0. The van der Waals surface area contributed by atoms with Crippen LogP contribution < -0.4 is 5.32 Å². The van der Waals surface area contributed by atoms with Gasteiger partial charge in [-0.1, -0.05) is 162 Å². The van der Waals surface area contributed by atoms with Crippen molar-refractivity contribution >= 4 is 5.91 Å². The van der Waals surface area contributed by atoms with E-state index in [9.17, 15) is 25.2 Å². The standard InChI is InChI=1S/C38H75NO7/c1-4-6-8-10-12-14-16-17-19-20-22-24-26-28-33(40)32(30-45-38-37(44)36(43)35(42)31(3)46-38)39-34(41)29-27-25-23-21-18-15-13-11-9-7-5-2/h31-33,35-38,40,42-44H,4-30H2,1-3H3,(H,39,41)/t31-,32-,33-,35+,36+,37-,38?/m1/s1. The molecule has 5 N–H and O–H groups in total. The third-order valence-corrected chi connectivity index (χ3v) is 9.67. The van der Waals surface area contributed by atoms with Gasteiger partial charge < -0.3 is 35.2 Å². The summed E-state index contributed by atoms with van der Waals surface area (Å²) in [7, 11) is 0. The highest BCUT2D eigenvalue weighted by molar-refractivity contribution is 5.76. The van der Waals surface area contributed by atoms with Crippen LogP contribution in [0.15, 0.2) is 0 Å². The molecule has 8 nitrogen and oxygen atoms in total. The summed E-state index contributed by atoms with van der Waals surface area (Å²) >= 11 is 0. The van der Waals surface area contributed by atoms with E-state index in [1.54, 1.807) is 6.92 Å². The van der Waals surface area contributed by atoms with Gasteiger partial charge in [0.2, 0.25) is 5.91 Å². The number of nitrogens with one attached hydrogen (secondary N) is 1. The Morgan fingerprint density at radius 1 is 0.630 bits per heavy atom. The second kappa shape index (κ2) is 29.2. The average molecular weight is 658 g/mol. The molecule has 0 aliphatic carbocycles. The van der Waals surface area contributed by atoms with Gasteiger partial charge in [-0.25, -0.2) is 0 Å². The first-order valence-corrected chi connectivity index (χ1v) is 19.6. The number of carbonyl (C=O) groups is 1. The fourth-order valence-electron chi connectivity index (χ4n) is 6.40. The molecule has 1 rings (SSSR count). The number of carbonyl (C=O) groups excluding carboxylic acids is 1. The van der Waals surface area contributed by atoms with Gasteiger partial charge in [0, 0.05) is 6.42 Å². The highest BCUT2D eigenvalue weighted by atomic mass is 16.7. The highest BCUT2D eigenvalue weighted by Gasteiger charge is 2.42. The molecule has 0 aromatic carbocycles. The van der Waals surface area contributed by atoms with E-state index in [1.165, 1.54) is 116 Å². The monoisotopic (exact) mass is 658 g/mol. The minimum absolute atomic E-state index is 0.0547. The molecule has 0 aromatic heterocycles. The van der Waals surface area contributed by atoms with Gasteiger partial charge in [0.15, 0.2) is 6.29 Å². The summed E-state index contributed by atoms with van der Waals surface area (Å²) in [6.07, 6.45) is 24.0. The summed E-state index contributed by atoms with van der Waals surface area (Å²) in [5.74, 6) is -0.108. The summed E-state index contributed by atoms with van der Waals surface area (Å²) in [6.45, 7) is 6.05. The van der Waals surface area contributed by atoms with Gasteiger partial charge in [0.1, 0.15) is 18.3 Å². The van der Waals surface area contributed by atoms with Gasteiger partial charge in [-0.2, -0.15) is 0 Å². The smallest absolute Gasteiger partial charge is 0.220 e. The van der Waals surface area contributed by atoms with E-state index >= 15 is 0 Å². The Morgan fingerprint density at radius 3 is 1.50 bits per heavy atom. The Bertz CT molecular complexity index is 696. The molecule has 0 saturated carbocycles. The molecule has 1 heterocycles. The number of unbranched alkanes of at least 4 members (excludes halogenated alkanes) is 22. The van der Waals surface area contributed by atoms with Crippen LogP contribution in [0.2, 0.25) is 0 Å². The van der Waals surface area contributed by atoms with Gasteiger partial charge in [0.05, 0.1) is 24.9 Å². The number of hydrogen-bond acceptors (Lipinski definition) is 7. The van der Waals surface area contributed by atoms with Crippen LogP contribution in [-0.4, -0.2) is 75.8 Å². The molecule has 0 bridgehead atoms. The quantitative estimate of drug-likeness (QED) is 0.0480. The van der Waals surface area contributed by atoms with Crippen LogP contribution in [0.1, 0.15) is 188 Å². The normalized spacial score (nSPS) is 23.0. The lowest BCUT2D eigenvalue weighted by Crippen LogP contribution is -2.58. The number of aliphatic hydroxyl groups excluding tert-OH is 4. The summed E-state index contributed by atoms with van der Waals surface area (Å²) in [5, 5.41) is 44.5. The van der Waals surface area contributed by atoms with E-state index in [0.717, 1.165) is 38.5 Å². The zero-order valence-corrected chi connectivity index (χ0v) is 30.1. The van der Waals surface area contributed by atoms with E-state index in [2.05, 4.69) is 19.2 Å². The van der Waals surface area contributed by atoms with E-state index in [4.69, 9.17) is 9.47 Å². The van der Waals surface area contributed by atoms with Crippen molar-refractivity contribution in [1.29, 1.82) is 0 Å². The van der Waals surface area contributed by atoms with Gasteiger partial charge in [0.25, 0.3) is 0 Å². The fraction of sp³-hybridized carbons (Fsp3) is 0.974. The second-order valence-electron chi connectivity index (χ2n) is 14.1. The van der Waals surface area contributed by atoms with Crippen molar-refractivity contribution in [1.82, 2.24) is 5.32 Å². The third-order valence-electron chi connectivity index (χ3n) is 9.67. The maximum Gasteiger partial charge on any atom is 0.220 e. The molecule has 1 aliphatic heterocycles. The van der Waals surface area contributed by atoms with Gasteiger partial charge >= 0.3 is 0 Å². The Hall–Kier alpha value is -0.770. The SMILES string of the molecule is CCCCCCCCCCCCCCC[C@@H](O)[C@@H](COC1O[C@H](C)[C@H](O)[C@H](O)[C@H]1O)NC(=O)CCCCCCCCCCCCC. The van der Waals surface area contributed by atoms with E-state index in [-0.39, 0.29) is 12.5 Å². The van der Waals surface area contributed by atoms with Crippen molar-refractivity contribution in [3.63, 3.8) is 0 Å². The number of amides is 1. The van der Waals surface area contributed by atoms with Crippen LogP contribution in [-0.2, 0) is 14.3 Å². The van der Waals surface area contributed by atoms with E-state index in [0.29, 0.717) is 12.8 Å². The molecule has 1 unspecified atom stereocenters. The highest BCUT2D eigenvalue weighted by Crippen LogP contribution is 2.23. The minimum atomic E-state index is -1.42. The van der Waals surface area contributed by atoms with Crippen molar-refractivity contribution in [2.24, 2.45) is 0 Å². The molecule has 1 fully saturated rings. The van der Waals surface area contributed by atoms with Gasteiger partial charge in [-0.15, -0.1) is 0 Å². The minimum Gasteiger partial charge on any atom is -0.391 e. The Balaban J connectivity index is 2.37. The zero-order valence-electron chi connectivity index (χ0n) is 30.1. The van der Waals surface area contributed by atoms with Crippen molar-refractivity contribution in [3.05, 3.63) is 0 Å². The van der Waals surface area contributed by atoms with Crippen LogP contribution in [0, 0.1) is 0 Å². The summed E-state index contributed by atoms with van der Waals surface area (Å²) in [4.78, 5) is 12.8. The number of aliphatic hydroxyl groups is 4. The molecule has 0 aromatic rings. The first-order valence-electron chi connectivity index (χ1n) is 19.6. The number of hydrogen-bond donors (Lipinski definition) is 5. The first-order chi connectivity index (χ1) is 22.3. The van der Waals surface area contributed by atoms with Crippen molar-refractivity contribution in [2.75, 3.05) is 6.61 Å². The fourth-order valence-corrected chi connectivity index (χ4v) is 6.40. The lowest BCUT2D eigenvalue weighted by Gasteiger charge is -2.39. The van der Waals surface area contributed by atoms with Crippen molar-refractivity contribution < 1.29 is 34.7 Å². The Morgan fingerprint density at radius 2 is 1.04 bits per heavy atom. The molecule has 1 amide bonds. The van der Waals surface area contributed by atoms with E-state index < -0.39 is 42.9 Å². The molecule has 46 heavy (non-hydrogen) atoms. The molecule has 274 valence electrons. The van der Waals surface area contributed by atoms with Crippen LogP contribution in [0.5, 0.6) is 0 Å². The molecular formula is C38H75NO7. The molecule has 7 atom stereocenters. The molecule has 0 spiro atoms. The number of ether oxygens (including phenoxy) is 2. The van der Waals surface area contributed by atoms with Crippen LogP contribution in [0.4, 0.5) is 0 Å². The first kappa shape index (κ1) is 43.3. The molecular weight excluding hydrogens is 582 g/mol. The van der Waals surface area contributed by atoms with Crippen LogP contribution >= 0.6 is 0 Å². The molecule has 8 heteroatoms. The van der Waals surface area contributed by atoms with Crippen molar-refractivity contribution in [3.8, 4) is 0 Å². The molecule has 1 aliphatic rings. The summed E-state index contributed by atoms with van der Waals surface area (Å²) in [6, 6.07) is -0.646. The maximum atomic E-state index is 12.8. The largest absolute Gasteiger partial charge is 0.391 e. The summed E-state index contributed by atoms with van der Waals surface area (Å²) < 4.78 is 11.3. The predicted octanol–water partition coefficient (Wildman–Crippen LogP) is 7.86. The Labute approximate surface area is 282 Å². The predicted molar refractivity (Wildman–Crippen MR) is 188 cm³/mol. The molecule has 1 saturated heterocycles. The molecule has 0 radical (unpaired) electrons. The average Bonchev–Trinajstić information content (AvgIpc) is 3.05. The lowest BCUT2D eigenvalue weighted by atomic mass is 10.00. The topological polar surface area (TPSA) is 128 Å². The number of rotatable bonds is 31. The maximum absolute atomic E-state index is 12.8. The third kappa shape index (κ3) is 21.3. The van der Waals surface area contributed by atoms with E-state index in [1.807, 2.05) is 0 Å². The lowest BCUT2D eigenvalue weighted by molar-refractivity contribution is -0.295. The second-order valence-corrected chi connectivity index (χ2v) is 14.1. The Kier molecular flexibility index (Phi) is 27.4. The van der Waals surface area contributed by atoms with Crippen molar-refractivity contribution in [2.45, 2.75) is 231 Å². The van der Waals surface area contributed by atoms with Crippen LogP contribution in [0.25, 0.3) is 0 Å². The zero-order chi connectivity index (χ0) is 33.8. The van der Waals surface area contributed by atoms with Gasteiger partial charge in [-0.3, -0.25) is 4.79 Å². The van der Waals surface area contributed by atoms with Crippen LogP contribution in [0.3, 0.4) is 0 Å². The van der Waals surface area contributed by atoms with Gasteiger partial charge in [-0.05, 0) is 19.8 Å².